The average molecular weight is 326 g/mol. The van der Waals surface area contributed by atoms with Gasteiger partial charge in [0.2, 0.25) is 5.91 Å². The lowest BCUT2D eigenvalue weighted by molar-refractivity contribution is -0.125. The molecule has 4 heteroatoms. The van der Waals surface area contributed by atoms with Crippen molar-refractivity contribution >= 4 is 5.91 Å². The molecule has 3 N–H and O–H groups in total. The average Bonchev–Trinajstić information content (AvgIpc) is 2.60. The van der Waals surface area contributed by atoms with E-state index in [1.165, 1.54) is 0 Å². The molecule has 128 valence electrons. The Labute approximate surface area is 144 Å². The van der Waals surface area contributed by atoms with E-state index in [1.807, 2.05) is 69.3 Å². The predicted molar refractivity (Wildman–Crippen MR) is 96.7 cm³/mol. The van der Waals surface area contributed by atoms with Crippen LogP contribution in [0.3, 0.4) is 0 Å². The minimum Gasteiger partial charge on any atom is -0.494 e. The molecule has 2 aromatic carbocycles. The van der Waals surface area contributed by atoms with E-state index in [9.17, 15) is 4.79 Å². The monoisotopic (exact) mass is 326 g/mol. The first-order valence-electron chi connectivity index (χ1n) is 8.33. The van der Waals surface area contributed by atoms with E-state index < -0.39 is 0 Å². The summed E-state index contributed by atoms with van der Waals surface area (Å²) in [5, 5.41) is 2.97. The van der Waals surface area contributed by atoms with Gasteiger partial charge >= 0.3 is 0 Å². The van der Waals surface area contributed by atoms with Gasteiger partial charge in [0.05, 0.1) is 12.5 Å². The van der Waals surface area contributed by atoms with Crippen LogP contribution in [0.4, 0.5) is 0 Å². The Balaban J connectivity index is 2.00. The van der Waals surface area contributed by atoms with Crippen LogP contribution in [0.2, 0.25) is 0 Å². The van der Waals surface area contributed by atoms with E-state index in [0.29, 0.717) is 13.2 Å². The molecule has 0 spiro atoms. The number of rotatable bonds is 7. The Kier molecular flexibility index (Phi) is 6.38. The Morgan fingerprint density at radius 2 is 1.92 bits per heavy atom. The van der Waals surface area contributed by atoms with Gasteiger partial charge in [0.15, 0.2) is 0 Å². The van der Waals surface area contributed by atoms with E-state index in [2.05, 4.69) is 5.32 Å². The largest absolute Gasteiger partial charge is 0.494 e. The van der Waals surface area contributed by atoms with Crippen LogP contribution in [0.1, 0.15) is 36.6 Å². The third kappa shape index (κ3) is 4.59. The molecule has 1 amide bonds. The van der Waals surface area contributed by atoms with Gasteiger partial charge in [0, 0.05) is 18.2 Å². The molecule has 0 radical (unpaired) electrons. The minimum absolute atomic E-state index is 0.0608. The molecule has 4 nitrogen and oxygen atoms in total. The van der Waals surface area contributed by atoms with E-state index in [4.69, 9.17) is 10.5 Å². The maximum atomic E-state index is 12.4. The number of ether oxygens (including phenoxy) is 1. The molecule has 0 aliphatic carbocycles. The molecule has 2 aromatic rings. The van der Waals surface area contributed by atoms with Gasteiger partial charge in [-0.25, -0.2) is 0 Å². The van der Waals surface area contributed by atoms with Gasteiger partial charge in [-0.1, -0.05) is 49.4 Å². The van der Waals surface area contributed by atoms with Crippen molar-refractivity contribution < 1.29 is 9.53 Å². The summed E-state index contributed by atoms with van der Waals surface area (Å²) in [6.45, 7) is 6.85. The van der Waals surface area contributed by atoms with Crippen molar-refractivity contribution in [2.24, 2.45) is 11.7 Å². The fourth-order valence-corrected chi connectivity index (χ4v) is 2.57. The smallest absolute Gasteiger partial charge is 0.225 e. The number of nitrogens with two attached hydrogens (primary N) is 1. The van der Waals surface area contributed by atoms with Gasteiger partial charge in [-0.2, -0.15) is 0 Å². The zero-order valence-electron chi connectivity index (χ0n) is 14.6. The Bertz CT molecular complexity index is 671. The highest BCUT2D eigenvalue weighted by Gasteiger charge is 2.22. The van der Waals surface area contributed by atoms with Crippen molar-refractivity contribution in [1.82, 2.24) is 5.32 Å². The van der Waals surface area contributed by atoms with Crippen molar-refractivity contribution in [2.45, 2.75) is 33.4 Å². The van der Waals surface area contributed by atoms with Crippen LogP contribution in [0.25, 0.3) is 0 Å². The van der Waals surface area contributed by atoms with Crippen LogP contribution in [-0.2, 0) is 11.3 Å². The molecule has 0 fully saturated rings. The Hall–Kier alpha value is -2.33. The fraction of sp³-hybridized carbons (Fsp3) is 0.350. The number of benzene rings is 2. The highest BCUT2D eigenvalue weighted by atomic mass is 16.5. The molecule has 0 aliphatic heterocycles. The Morgan fingerprint density at radius 3 is 2.58 bits per heavy atom. The summed E-state index contributed by atoms with van der Waals surface area (Å²) < 4.78 is 5.65. The Morgan fingerprint density at radius 1 is 1.21 bits per heavy atom. The number of amides is 1. The SMILES string of the molecule is CCOc1cc(C)ccc1CNC(=O)C(C)C(N)c1ccccc1. The number of carbonyl (C=O) groups excluding carboxylic acids is 1. The summed E-state index contributed by atoms with van der Waals surface area (Å²) in [6, 6.07) is 15.4. The number of hydrogen-bond acceptors (Lipinski definition) is 3. The van der Waals surface area contributed by atoms with E-state index >= 15 is 0 Å². The van der Waals surface area contributed by atoms with E-state index in [0.717, 1.165) is 22.4 Å². The summed E-state index contributed by atoms with van der Waals surface area (Å²) in [7, 11) is 0. The van der Waals surface area contributed by atoms with Crippen LogP contribution in [0.5, 0.6) is 5.75 Å². The lowest BCUT2D eigenvalue weighted by atomic mass is 9.94. The summed E-state index contributed by atoms with van der Waals surface area (Å²) in [5.74, 6) is 0.445. The standard InChI is InChI=1S/C20H26N2O2/c1-4-24-18-12-14(2)10-11-17(18)13-22-20(23)15(3)19(21)16-8-6-5-7-9-16/h5-12,15,19H,4,13,21H2,1-3H3,(H,22,23). The highest BCUT2D eigenvalue weighted by molar-refractivity contribution is 5.79. The van der Waals surface area contributed by atoms with Crippen molar-refractivity contribution in [3.63, 3.8) is 0 Å². The lowest BCUT2D eigenvalue weighted by Gasteiger charge is -2.20. The zero-order chi connectivity index (χ0) is 17.5. The van der Waals surface area contributed by atoms with Gasteiger partial charge in [-0.15, -0.1) is 0 Å². The summed E-state index contributed by atoms with van der Waals surface area (Å²) >= 11 is 0. The second-order valence-corrected chi connectivity index (χ2v) is 5.99. The quantitative estimate of drug-likeness (QED) is 0.820. The van der Waals surface area contributed by atoms with Crippen LogP contribution in [0, 0.1) is 12.8 Å². The first-order chi connectivity index (χ1) is 11.5. The topological polar surface area (TPSA) is 64.3 Å². The number of aryl methyl sites for hydroxylation is 1. The minimum atomic E-state index is -0.324. The van der Waals surface area contributed by atoms with E-state index in [-0.39, 0.29) is 17.9 Å². The molecule has 2 rings (SSSR count). The summed E-state index contributed by atoms with van der Waals surface area (Å²) in [5.41, 5.74) is 9.28. The lowest BCUT2D eigenvalue weighted by Crippen LogP contribution is -2.35. The molecule has 0 saturated carbocycles. The molecule has 2 unspecified atom stereocenters. The molecule has 2 atom stereocenters. The van der Waals surface area contributed by atoms with Gasteiger partial charge in [-0.05, 0) is 31.0 Å². The van der Waals surface area contributed by atoms with Gasteiger partial charge in [0.1, 0.15) is 5.75 Å². The predicted octanol–water partition coefficient (Wildman–Crippen LogP) is 3.35. The number of carbonyl (C=O) groups is 1. The van der Waals surface area contributed by atoms with Gasteiger partial charge in [0.25, 0.3) is 0 Å². The number of hydrogen-bond donors (Lipinski definition) is 2. The molecule has 24 heavy (non-hydrogen) atoms. The fourth-order valence-electron chi connectivity index (χ4n) is 2.57. The molecule has 0 aromatic heterocycles. The normalized spacial score (nSPS) is 13.2. The van der Waals surface area contributed by atoms with Crippen molar-refractivity contribution in [3.8, 4) is 5.75 Å². The summed E-state index contributed by atoms with van der Waals surface area (Å²) in [6.07, 6.45) is 0. The second kappa shape index (κ2) is 8.50. The van der Waals surface area contributed by atoms with Crippen LogP contribution in [0.15, 0.2) is 48.5 Å². The second-order valence-electron chi connectivity index (χ2n) is 5.99. The molecule has 0 aliphatic rings. The summed E-state index contributed by atoms with van der Waals surface area (Å²) in [4.78, 5) is 12.4. The van der Waals surface area contributed by atoms with Crippen molar-refractivity contribution in [1.29, 1.82) is 0 Å². The first-order valence-corrected chi connectivity index (χ1v) is 8.33. The molecular formula is C20H26N2O2. The molecular weight excluding hydrogens is 300 g/mol. The molecule has 0 saturated heterocycles. The number of nitrogens with one attached hydrogen (secondary N) is 1. The maximum Gasteiger partial charge on any atom is 0.225 e. The molecule has 0 bridgehead atoms. The first kappa shape index (κ1) is 18.0. The maximum absolute atomic E-state index is 12.4. The third-order valence-electron chi connectivity index (χ3n) is 4.11. The van der Waals surface area contributed by atoms with Gasteiger partial charge < -0.3 is 15.8 Å². The van der Waals surface area contributed by atoms with Crippen molar-refractivity contribution in [3.05, 3.63) is 65.2 Å². The van der Waals surface area contributed by atoms with Crippen LogP contribution < -0.4 is 15.8 Å². The third-order valence-corrected chi connectivity index (χ3v) is 4.11. The van der Waals surface area contributed by atoms with Crippen molar-refractivity contribution in [2.75, 3.05) is 6.61 Å². The van der Waals surface area contributed by atoms with Gasteiger partial charge in [-0.3, -0.25) is 4.79 Å². The molecule has 0 heterocycles. The van der Waals surface area contributed by atoms with Crippen LogP contribution >= 0.6 is 0 Å². The highest BCUT2D eigenvalue weighted by Crippen LogP contribution is 2.22. The van der Waals surface area contributed by atoms with Crippen LogP contribution in [-0.4, -0.2) is 12.5 Å². The van der Waals surface area contributed by atoms with E-state index in [1.54, 1.807) is 0 Å². The zero-order valence-corrected chi connectivity index (χ0v) is 14.6.